The first-order valence-corrected chi connectivity index (χ1v) is 16.7. The largest absolute Gasteiger partial charge is 0.475 e. The third kappa shape index (κ3) is 8.55. The highest BCUT2D eigenvalue weighted by Crippen LogP contribution is 2.37. The SMILES string of the molecule is CCN(c1cc(-c2ccc(OCCOC)nc2)cc(C(=O)NCc2c(C)cc(C)[nH]c2=O)c1C)[C@H]1CC[C@H](N(C(=O)O)C(C)(C)C)CC1. The number of aromatic nitrogens is 2. The summed E-state index contributed by atoms with van der Waals surface area (Å²) >= 11 is 0. The molecule has 11 nitrogen and oxygen atoms in total. The molecule has 1 aliphatic carbocycles. The number of H-pyrrole nitrogens is 1. The van der Waals surface area contributed by atoms with Gasteiger partial charge in [0.2, 0.25) is 5.88 Å². The van der Waals surface area contributed by atoms with E-state index in [0.717, 1.165) is 59.3 Å². The van der Waals surface area contributed by atoms with Crippen molar-refractivity contribution in [2.45, 2.75) is 98.3 Å². The summed E-state index contributed by atoms with van der Waals surface area (Å²) in [6.45, 7) is 15.3. The van der Waals surface area contributed by atoms with Gasteiger partial charge in [-0.3, -0.25) is 9.59 Å². The van der Waals surface area contributed by atoms with Crippen molar-refractivity contribution in [2.75, 3.05) is 31.8 Å². The van der Waals surface area contributed by atoms with Crippen LogP contribution in [0.4, 0.5) is 10.5 Å². The van der Waals surface area contributed by atoms with Gasteiger partial charge >= 0.3 is 6.09 Å². The molecule has 0 radical (unpaired) electrons. The molecule has 0 aliphatic heterocycles. The number of nitrogens with zero attached hydrogens (tertiary/aromatic N) is 3. The van der Waals surface area contributed by atoms with Gasteiger partial charge in [0.15, 0.2) is 0 Å². The second-order valence-electron chi connectivity index (χ2n) is 13.6. The number of ether oxygens (including phenoxy) is 2. The molecule has 0 unspecified atom stereocenters. The quantitative estimate of drug-likeness (QED) is 0.194. The summed E-state index contributed by atoms with van der Waals surface area (Å²) in [5, 5.41) is 13.0. The number of rotatable bonds is 12. The van der Waals surface area contributed by atoms with Gasteiger partial charge in [0.05, 0.1) is 6.61 Å². The molecule has 2 heterocycles. The summed E-state index contributed by atoms with van der Waals surface area (Å²) < 4.78 is 10.7. The van der Waals surface area contributed by atoms with Crippen LogP contribution in [0, 0.1) is 20.8 Å². The number of amides is 2. The Balaban J connectivity index is 1.68. The van der Waals surface area contributed by atoms with Crippen molar-refractivity contribution in [3.05, 3.63) is 74.8 Å². The number of methoxy groups -OCH3 is 1. The maximum atomic E-state index is 13.9. The Kier molecular flexibility index (Phi) is 11.9. The van der Waals surface area contributed by atoms with Gasteiger partial charge < -0.3 is 34.7 Å². The molecule has 1 fully saturated rings. The molecule has 2 amide bonds. The monoisotopic (exact) mass is 661 g/mol. The molecular weight excluding hydrogens is 610 g/mol. The van der Waals surface area contributed by atoms with Crippen molar-refractivity contribution in [3.8, 4) is 17.0 Å². The van der Waals surface area contributed by atoms with Crippen molar-refractivity contribution in [3.63, 3.8) is 0 Å². The molecule has 2 aromatic heterocycles. The van der Waals surface area contributed by atoms with E-state index in [0.29, 0.717) is 36.8 Å². The van der Waals surface area contributed by atoms with Crippen molar-refractivity contribution in [1.82, 2.24) is 20.2 Å². The summed E-state index contributed by atoms with van der Waals surface area (Å²) in [7, 11) is 1.62. The van der Waals surface area contributed by atoms with E-state index in [9.17, 15) is 19.5 Å². The van der Waals surface area contributed by atoms with Crippen LogP contribution in [0.15, 0.2) is 41.3 Å². The smallest absolute Gasteiger partial charge is 0.407 e. The number of carboxylic acid groups (broad SMARTS) is 1. The van der Waals surface area contributed by atoms with E-state index in [2.05, 4.69) is 33.2 Å². The Morgan fingerprint density at radius 2 is 1.71 bits per heavy atom. The van der Waals surface area contributed by atoms with Gasteiger partial charge in [0.1, 0.15) is 6.61 Å². The van der Waals surface area contributed by atoms with Gasteiger partial charge in [-0.25, -0.2) is 9.78 Å². The molecule has 0 atom stereocenters. The summed E-state index contributed by atoms with van der Waals surface area (Å²) in [5.74, 6) is 0.210. The second-order valence-corrected chi connectivity index (χ2v) is 13.6. The molecule has 0 saturated heterocycles. The zero-order valence-electron chi connectivity index (χ0n) is 29.6. The van der Waals surface area contributed by atoms with E-state index in [-0.39, 0.29) is 30.1 Å². The lowest BCUT2D eigenvalue weighted by Gasteiger charge is -2.45. The van der Waals surface area contributed by atoms with Crippen molar-refractivity contribution >= 4 is 17.7 Å². The number of pyridine rings is 2. The van der Waals surface area contributed by atoms with Gasteiger partial charge in [-0.05, 0) is 115 Å². The lowest BCUT2D eigenvalue weighted by molar-refractivity contribution is 0.0545. The molecule has 3 N–H and O–H groups in total. The summed E-state index contributed by atoms with van der Waals surface area (Å²) in [6, 6.07) is 9.74. The third-order valence-electron chi connectivity index (χ3n) is 9.20. The number of carbonyl (C=O) groups is 2. The van der Waals surface area contributed by atoms with E-state index >= 15 is 0 Å². The van der Waals surface area contributed by atoms with E-state index in [1.54, 1.807) is 24.3 Å². The number of aryl methyl sites for hydroxylation is 2. The first-order valence-electron chi connectivity index (χ1n) is 16.7. The molecule has 260 valence electrons. The number of benzene rings is 1. The number of aromatic amines is 1. The van der Waals surface area contributed by atoms with Crippen LogP contribution in [0.25, 0.3) is 11.1 Å². The minimum atomic E-state index is -0.885. The molecule has 3 aromatic rings. The summed E-state index contributed by atoms with van der Waals surface area (Å²) in [6.07, 6.45) is 4.03. The lowest BCUT2D eigenvalue weighted by atomic mass is 9.86. The Morgan fingerprint density at radius 1 is 1.02 bits per heavy atom. The topological polar surface area (TPSA) is 137 Å². The van der Waals surface area contributed by atoms with Crippen LogP contribution in [-0.2, 0) is 11.3 Å². The molecule has 1 aliphatic rings. The summed E-state index contributed by atoms with van der Waals surface area (Å²) in [4.78, 5) is 50.0. The second kappa shape index (κ2) is 15.7. The third-order valence-corrected chi connectivity index (χ3v) is 9.20. The fourth-order valence-electron chi connectivity index (χ4n) is 6.88. The number of anilines is 1. The minimum Gasteiger partial charge on any atom is -0.475 e. The molecule has 1 saturated carbocycles. The Bertz CT molecular complexity index is 1640. The Morgan fingerprint density at radius 3 is 2.27 bits per heavy atom. The van der Waals surface area contributed by atoms with E-state index in [1.807, 2.05) is 59.7 Å². The van der Waals surface area contributed by atoms with Crippen LogP contribution < -0.4 is 20.5 Å². The molecule has 0 spiro atoms. The van der Waals surface area contributed by atoms with Crippen molar-refractivity contribution in [1.29, 1.82) is 0 Å². The van der Waals surface area contributed by atoms with Crippen LogP contribution in [-0.4, -0.2) is 76.5 Å². The predicted molar refractivity (Wildman–Crippen MR) is 188 cm³/mol. The van der Waals surface area contributed by atoms with Gasteiger partial charge in [-0.15, -0.1) is 0 Å². The number of hydrogen-bond donors (Lipinski definition) is 3. The number of carbonyl (C=O) groups excluding carboxylic acids is 1. The number of nitrogens with one attached hydrogen (secondary N) is 2. The fraction of sp³-hybridized carbons (Fsp3) is 0.514. The Labute approximate surface area is 283 Å². The highest BCUT2D eigenvalue weighted by atomic mass is 16.5. The highest BCUT2D eigenvalue weighted by Gasteiger charge is 2.37. The first kappa shape index (κ1) is 36.5. The van der Waals surface area contributed by atoms with Crippen LogP contribution in [0.3, 0.4) is 0 Å². The molecular formula is C37H51N5O6. The normalized spacial score (nSPS) is 16.3. The molecule has 11 heteroatoms. The van der Waals surface area contributed by atoms with Gasteiger partial charge in [0.25, 0.3) is 11.5 Å². The van der Waals surface area contributed by atoms with Gasteiger partial charge in [0, 0.05) is 78.2 Å². The van der Waals surface area contributed by atoms with Crippen LogP contribution in [0.1, 0.15) is 86.1 Å². The standard InChI is InChI=1S/C37H51N5O6/c1-9-41(28-11-13-29(14-12-28)42(36(45)46)37(5,6)7)32-20-27(26-10-15-33(38-21-26)48-17-16-47-8)19-30(25(32)4)34(43)39-22-31-23(2)18-24(3)40-35(31)44/h10,15,18-21,28-29H,9,11-14,16-17,22H2,1-8H3,(H,39,43)(H,40,44)(H,45,46)/t28-,29-. The highest BCUT2D eigenvalue weighted by molar-refractivity contribution is 5.99. The zero-order chi connectivity index (χ0) is 35.2. The lowest BCUT2D eigenvalue weighted by Crippen LogP contribution is -2.53. The van der Waals surface area contributed by atoms with E-state index in [1.165, 1.54) is 0 Å². The van der Waals surface area contributed by atoms with Gasteiger partial charge in [-0.2, -0.15) is 0 Å². The minimum absolute atomic E-state index is 0.0460. The van der Waals surface area contributed by atoms with Crippen molar-refractivity contribution in [2.24, 2.45) is 0 Å². The Hall–Kier alpha value is -4.38. The van der Waals surface area contributed by atoms with Gasteiger partial charge in [-0.1, -0.05) is 0 Å². The fourth-order valence-corrected chi connectivity index (χ4v) is 6.88. The van der Waals surface area contributed by atoms with Crippen molar-refractivity contribution < 1.29 is 24.2 Å². The maximum Gasteiger partial charge on any atom is 0.407 e. The predicted octanol–water partition coefficient (Wildman–Crippen LogP) is 6.23. The first-order chi connectivity index (χ1) is 22.7. The average molecular weight is 662 g/mol. The van der Waals surface area contributed by atoms with E-state index in [4.69, 9.17) is 9.47 Å². The maximum absolute atomic E-state index is 13.9. The zero-order valence-corrected chi connectivity index (χ0v) is 29.6. The molecule has 4 rings (SSSR count). The van der Waals surface area contributed by atoms with Crippen LogP contribution in [0.2, 0.25) is 0 Å². The molecule has 48 heavy (non-hydrogen) atoms. The van der Waals surface area contributed by atoms with E-state index < -0.39 is 11.6 Å². The van der Waals surface area contributed by atoms with Crippen LogP contribution >= 0.6 is 0 Å². The number of hydrogen-bond acceptors (Lipinski definition) is 7. The van der Waals surface area contributed by atoms with Crippen LogP contribution in [0.5, 0.6) is 5.88 Å². The average Bonchev–Trinajstić information content (AvgIpc) is 3.02. The molecule has 0 bridgehead atoms. The molecule has 1 aromatic carbocycles. The summed E-state index contributed by atoms with van der Waals surface area (Å²) in [5.41, 5.74) is 5.38.